The van der Waals surface area contributed by atoms with Gasteiger partial charge in [-0.1, -0.05) is 0 Å². The third-order valence-corrected chi connectivity index (χ3v) is 3.87. The van der Waals surface area contributed by atoms with Gasteiger partial charge in [0.15, 0.2) is 0 Å². The van der Waals surface area contributed by atoms with Crippen molar-refractivity contribution >= 4 is 55.2 Å². The molecule has 1 unspecified atom stereocenters. The van der Waals surface area contributed by atoms with Crippen LogP contribution < -0.4 is 15.8 Å². The van der Waals surface area contributed by atoms with E-state index in [0.717, 1.165) is 0 Å². The molecule has 4 N–H and O–H groups in total. The van der Waals surface area contributed by atoms with Gasteiger partial charge in [0.2, 0.25) is 0 Å². The third-order valence-electron chi connectivity index (χ3n) is 2.74. The van der Waals surface area contributed by atoms with E-state index in [2.05, 4.69) is 40.9 Å². The van der Waals surface area contributed by atoms with Crippen molar-refractivity contribution < 1.29 is 4.21 Å². The molecule has 0 aliphatic heterocycles. The number of rotatable bonds is 4. The van der Waals surface area contributed by atoms with Crippen LogP contribution in [0.3, 0.4) is 0 Å². The Morgan fingerprint density at radius 1 is 1.41 bits per heavy atom. The quantitative estimate of drug-likeness (QED) is 0.553. The first-order valence-corrected chi connectivity index (χ1v) is 8.57. The van der Waals surface area contributed by atoms with Gasteiger partial charge in [0.1, 0.15) is 22.3 Å². The number of nitrogens with one attached hydrogen (secondary N) is 2. The maximum atomic E-state index is 11.6. The predicted molar refractivity (Wildman–Crippen MR) is 95.4 cm³/mol. The zero-order valence-corrected chi connectivity index (χ0v) is 14.4. The Balaban J connectivity index is 2.55. The minimum Gasteiger partial charge on any atom is -0.404 e. The van der Waals surface area contributed by atoms with Crippen LogP contribution in [0.25, 0.3) is 11.0 Å². The Morgan fingerprint density at radius 2 is 2.14 bits per heavy atom. The van der Waals surface area contributed by atoms with E-state index in [0.29, 0.717) is 32.7 Å². The highest BCUT2D eigenvalue weighted by atomic mass is 79.9. The second-order valence-electron chi connectivity index (χ2n) is 4.18. The number of hydrogen-bond acceptors (Lipinski definition) is 5. The first-order valence-electron chi connectivity index (χ1n) is 6.22. The number of aliphatic imine (C=N–C) groups is 1. The van der Waals surface area contributed by atoms with E-state index in [1.54, 1.807) is 25.7 Å². The molecular weight excluding hydrogens is 368 g/mol. The summed E-state index contributed by atoms with van der Waals surface area (Å²) < 4.78 is 15.1. The monoisotopic (exact) mass is 382 g/mol. The molecule has 22 heavy (non-hydrogen) atoms. The lowest BCUT2D eigenvalue weighted by atomic mass is 10.2. The van der Waals surface area contributed by atoms with Gasteiger partial charge >= 0.3 is 0 Å². The minimum atomic E-state index is -1.26. The van der Waals surface area contributed by atoms with Crippen LogP contribution >= 0.6 is 15.9 Å². The van der Waals surface area contributed by atoms with Gasteiger partial charge in [-0.15, -0.1) is 0 Å². The number of fused-ring (bicyclic) bond motifs is 1. The van der Waals surface area contributed by atoms with Crippen LogP contribution in [0.4, 0.5) is 11.4 Å². The average molecular weight is 383 g/mol. The highest BCUT2D eigenvalue weighted by Gasteiger charge is 2.13. The smallest absolute Gasteiger partial charge is 0.141 e. The van der Waals surface area contributed by atoms with Crippen LogP contribution in [0.15, 0.2) is 40.2 Å². The fourth-order valence-corrected chi connectivity index (χ4v) is 2.59. The Labute approximate surface area is 138 Å². The Morgan fingerprint density at radius 3 is 2.77 bits per heavy atom. The summed E-state index contributed by atoms with van der Waals surface area (Å²) in [5, 5.41) is 3.14. The van der Waals surface area contributed by atoms with E-state index >= 15 is 0 Å². The van der Waals surface area contributed by atoms with Gasteiger partial charge in [-0.2, -0.15) is 0 Å². The Kier molecular flexibility index (Phi) is 5.45. The molecular formula is C13H15BrN6OS. The van der Waals surface area contributed by atoms with Crippen molar-refractivity contribution in [1.82, 2.24) is 9.97 Å². The molecule has 116 valence electrons. The van der Waals surface area contributed by atoms with Crippen molar-refractivity contribution in [3.8, 4) is 0 Å². The van der Waals surface area contributed by atoms with Crippen molar-refractivity contribution in [2.45, 2.75) is 0 Å². The SMILES string of the molecule is CN=C(Nc1ccc2nccnc2c1NS(C)=O)/C(Br)=C\N. The number of aromatic nitrogens is 2. The molecule has 0 saturated heterocycles. The van der Waals surface area contributed by atoms with Gasteiger partial charge in [0, 0.05) is 31.9 Å². The first-order chi connectivity index (χ1) is 10.6. The number of benzene rings is 1. The van der Waals surface area contributed by atoms with E-state index in [1.807, 2.05) is 12.1 Å². The summed E-state index contributed by atoms with van der Waals surface area (Å²) in [6.45, 7) is 0. The van der Waals surface area contributed by atoms with Gasteiger partial charge in [-0.3, -0.25) is 15.0 Å². The van der Waals surface area contributed by atoms with E-state index in [4.69, 9.17) is 5.73 Å². The molecule has 0 aliphatic carbocycles. The fourth-order valence-electron chi connectivity index (χ4n) is 1.82. The molecule has 0 spiro atoms. The number of halogens is 1. The molecule has 1 atom stereocenters. The average Bonchev–Trinajstić information content (AvgIpc) is 2.53. The fraction of sp³-hybridized carbons (Fsp3) is 0.154. The molecule has 9 heteroatoms. The molecule has 0 amide bonds. The van der Waals surface area contributed by atoms with E-state index in [-0.39, 0.29) is 0 Å². The van der Waals surface area contributed by atoms with E-state index in [9.17, 15) is 4.21 Å². The Hall–Kier alpha value is -2.00. The number of hydrogen-bond donors (Lipinski definition) is 3. The lowest BCUT2D eigenvalue weighted by molar-refractivity contribution is 0.690. The van der Waals surface area contributed by atoms with Crippen LogP contribution in [-0.2, 0) is 11.0 Å². The summed E-state index contributed by atoms with van der Waals surface area (Å²) in [7, 11) is 0.377. The third kappa shape index (κ3) is 3.60. The molecule has 0 radical (unpaired) electrons. The zero-order chi connectivity index (χ0) is 16.1. The number of nitrogens with zero attached hydrogens (tertiary/aromatic N) is 3. The normalized spacial score (nSPS) is 14.0. The Bertz CT molecular complexity index is 776. The number of anilines is 2. The van der Waals surface area contributed by atoms with Crippen molar-refractivity contribution in [2.75, 3.05) is 23.3 Å². The van der Waals surface area contributed by atoms with Crippen molar-refractivity contribution in [2.24, 2.45) is 10.7 Å². The summed E-state index contributed by atoms with van der Waals surface area (Å²) in [5.41, 5.74) is 8.07. The van der Waals surface area contributed by atoms with Crippen molar-refractivity contribution in [3.63, 3.8) is 0 Å². The first kappa shape index (κ1) is 16.4. The van der Waals surface area contributed by atoms with Crippen molar-refractivity contribution in [1.29, 1.82) is 0 Å². The maximum Gasteiger partial charge on any atom is 0.141 e. The molecule has 2 aromatic rings. The minimum absolute atomic E-state index is 0.538. The van der Waals surface area contributed by atoms with Gasteiger partial charge in [-0.05, 0) is 28.1 Å². The summed E-state index contributed by atoms with van der Waals surface area (Å²) in [6, 6.07) is 3.63. The lowest BCUT2D eigenvalue weighted by Gasteiger charge is -2.15. The number of nitrogens with two attached hydrogens (primary N) is 1. The highest BCUT2D eigenvalue weighted by molar-refractivity contribution is 9.12. The molecule has 0 saturated carbocycles. The maximum absolute atomic E-state index is 11.6. The number of amidine groups is 1. The van der Waals surface area contributed by atoms with Crippen LogP contribution in [0.2, 0.25) is 0 Å². The van der Waals surface area contributed by atoms with Gasteiger partial charge < -0.3 is 15.8 Å². The predicted octanol–water partition coefficient (Wildman–Crippen LogP) is 1.97. The highest BCUT2D eigenvalue weighted by Crippen LogP contribution is 2.30. The standard InChI is InChI=1S/C13H15BrN6OS/c1-16-13(8(14)7-15)19-10-4-3-9-11(18-6-5-17-9)12(10)20-22(2)21/h3-7,20H,15H2,1-2H3,(H,16,19)/b8-7+. The van der Waals surface area contributed by atoms with Gasteiger partial charge in [0.25, 0.3) is 0 Å². The van der Waals surface area contributed by atoms with Gasteiger partial charge in [0.05, 0.1) is 21.4 Å². The molecule has 0 aliphatic rings. The van der Waals surface area contributed by atoms with Crippen LogP contribution in [0, 0.1) is 0 Å². The molecule has 2 rings (SSSR count). The van der Waals surface area contributed by atoms with Gasteiger partial charge in [-0.25, -0.2) is 4.21 Å². The molecule has 0 fully saturated rings. The van der Waals surface area contributed by atoms with E-state index in [1.165, 1.54) is 6.20 Å². The summed E-state index contributed by atoms with van der Waals surface area (Å²) in [5.74, 6) is 0.538. The van der Waals surface area contributed by atoms with Crippen LogP contribution in [-0.4, -0.2) is 33.3 Å². The second kappa shape index (κ2) is 7.32. The topological polar surface area (TPSA) is 105 Å². The molecule has 7 nitrogen and oxygen atoms in total. The van der Waals surface area contributed by atoms with Crippen molar-refractivity contribution in [3.05, 3.63) is 35.2 Å². The zero-order valence-electron chi connectivity index (χ0n) is 12.0. The largest absolute Gasteiger partial charge is 0.404 e. The molecule has 0 bridgehead atoms. The lowest BCUT2D eigenvalue weighted by Crippen LogP contribution is -2.15. The van der Waals surface area contributed by atoms with Crippen LogP contribution in [0.1, 0.15) is 0 Å². The van der Waals surface area contributed by atoms with E-state index < -0.39 is 11.0 Å². The molecule has 1 aromatic heterocycles. The summed E-state index contributed by atoms with van der Waals surface area (Å²) in [6.07, 6.45) is 6.12. The molecule has 1 heterocycles. The summed E-state index contributed by atoms with van der Waals surface area (Å²) in [4.78, 5) is 12.7. The second-order valence-corrected chi connectivity index (χ2v) is 6.15. The van der Waals surface area contributed by atoms with Crippen LogP contribution in [0.5, 0.6) is 0 Å². The molecule has 1 aromatic carbocycles. The summed E-state index contributed by atoms with van der Waals surface area (Å²) >= 11 is 3.32.